The Morgan fingerprint density at radius 2 is 1.90 bits per heavy atom. The Morgan fingerprint density at radius 1 is 1.14 bits per heavy atom. The van der Waals surface area contributed by atoms with Crippen LogP contribution < -0.4 is 0 Å². The van der Waals surface area contributed by atoms with Crippen molar-refractivity contribution in [3.8, 4) is 0 Å². The first-order valence-electron chi connectivity index (χ1n) is 7.77. The number of carbonyl (C=O) groups excluding carboxylic acids is 1. The summed E-state index contributed by atoms with van der Waals surface area (Å²) in [4.78, 5) is 11.5. The van der Waals surface area contributed by atoms with Gasteiger partial charge in [0, 0.05) is 6.08 Å². The van der Waals surface area contributed by atoms with Crippen molar-refractivity contribution in [3.05, 3.63) is 54.3 Å². The molecule has 0 spiro atoms. The molecule has 0 aliphatic carbocycles. The average Bonchev–Trinajstić information content (AvgIpc) is 2.47. The molecule has 0 heterocycles. The maximum atomic E-state index is 11.5. The van der Waals surface area contributed by atoms with Crippen LogP contribution >= 0.6 is 0 Å². The molecule has 0 unspecified atom stereocenters. The van der Waals surface area contributed by atoms with Crippen molar-refractivity contribution in [1.29, 1.82) is 0 Å². The predicted octanol–water partition coefficient (Wildman–Crippen LogP) is 5.36. The van der Waals surface area contributed by atoms with Crippen LogP contribution in [-0.2, 0) is 9.53 Å². The van der Waals surface area contributed by atoms with Gasteiger partial charge in [0.2, 0.25) is 0 Å². The summed E-state index contributed by atoms with van der Waals surface area (Å²) in [5.41, 5.74) is 1.01. The Bertz CT molecular complexity index is 444. The second kappa shape index (κ2) is 10.9. The van der Waals surface area contributed by atoms with Crippen LogP contribution in [0, 0.1) is 5.92 Å². The van der Waals surface area contributed by atoms with Gasteiger partial charge >= 0.3 is 5.97 Å². The molecule has 0 fully saturated rings. The maximum absolute atomic E-state index is 11.5. The van der Waals surface area contributed by atoms with Crippen molar-refractivity contribution < 1.29 is 9.53 Å². The van der Waals surface area contributed by atoms with E-state index in [2.05, 4.69) is 13.8 Å². The Balaban J connectivity index is 2.10. The predicted molar refractivity (Wildman–Crippen MR) is 88.6 cm³/mol. The number of ether oxygens (including phenoxy) is 1. The van der Waals surface area contributed by atoms with E-state index in [0.29, 0.717) is 0 Å². The summed E-state index contributed by atoms with van der Waals surface area (Å²) in [7, 11) is 0. The van der Waals surface area contributed by atoms with E-state index < -0.39 is 0 Å². The first-order valence-corrected chi connectivity index (χ1v) is 7.77. The topological polar surface area (TPSA) is 26.3 Å². The molecular formula is C19H26O2. The monoisotopic (exact) mass is 286 g/mol. The van der Waals surface area contributed by atoms with Crippen LogP contribution in [0.1, 0.15) is 51.5 Å². The molecule has 0 atom stereocenters. The molecule has 114 valence electrons. The van der Waals surface area contributed by atoms with E-state index in [-0.39, 0.29) is 5.97 Å². The highest BCUT2D eigenvalue weighted by molar-refractivity contribution is 5.82. The van der Waals surface area contributed by atoms with E-state index in [0.717, 1.165) is 24.3 Å². The molecule has 0 radical (unpaired) electrons. The number of esters is 1. The number of rotatable bonds is 9. The van der Waals surface area contributed by atoms with Gasteiger partial charge in [-0.25, -0.2) is 4.79 Å². The Kier molecular flexibility index (Phi) is 8.94. The Labute approximate surface area is 128 Å². The Morgan fingerprint density at radius 3 is 2.62 bits per heavy atom. The van der Waals surface area contributed by atoms with Crippen LogP contribution in [0.3, 0.4) is 0 Å². The van der Waals surface area contributed by atoms with Crippen LogP contribution in [-0.4, -0.2) is 5.97 Å². The number of hydrogen-bond donors (Lipinski definition) is 0. The van der Waals surface area contributed by atoms with E-state index in [1.165, 1.54) is 31.6 Å². The molecule has 0 aromatic heterocycles. The number of unbranched alkanes of at least 4 members (excludes halogenated alkanes) is 3. The van der Waals surface area contributed by atoms with Gasteiger partial charge < -0.3 is 4.74 Å². The van der Waals surface area contributed by atoms with Crippen molar-refractivity contribution in [2.75, 3.05) is 0 Å². The summed E-state index contributed by atoms with van der Waals surface area (Å²) in [6, 6.07) is 9.75. The molecule has 1 aromatic rings. The van der Waals surface area contributed by atoms with Gasteiger partial charge in [0.05, 0.1) is 6.26 Å². The minimum absolute atomic E-state index is 0.315. The SMILES string of the molecule is CC(C)CCCCCC=CC(=O)OC=Cc1ccccc1. The molecule has 2 nitrogen and oxygen atoms in total. The normalized spacial score (nSPS) is 11.6. The summed E-state index contributed by atoms with van der Waals surface area (Å²) >= 11 is 0. The van der Waals surface area contributed by atoms with Gasteiger partial charge in [0.1, 0.15) is 0 Å². The van der Waals surface area contributed by atoms with E-state index in [9.17, 15) is 4.79 Å². The molecule has 0 amide bonds. The molecular weight excluding hydrogens is 260 g/mol. The van der Waals surface area contributed by atoms with Gasteiger partial charge in [-0.3, -0.25) is 0 Å². The largest absolute Gasteiger partial charge is 0.431 e. The van der Waals surface area contributed by atoms with Gasteiger partial charge in [-0.15, -0.1) is 0 Å². The second-order valence-electron chi connectivity index (χ2n) is 5.58. The van der Waals surface area contributed by atoms with Gasteiger partial charge in [0.15, 0.2) is 0 Å². The quantitative estimate of drug-likeness (QED) is 0.264. The number of allylic oxidation sites excluding steroid dienone is 1. The lowest BCUT2D eigenvalue weighted by atomic mass is 10.0. The van der Waals surface area contributed by atoms with Crippen LogP contribution in [0.15, 0.2) is 48.7 Å². The van der Waals surface area contributed by atoms with E-state index in [1.807, 2.05) is 36.4 Å². The molecule has 1 aromatic carbocycles. The summed E-state index contributed by atoms with van der Waals surface area (Å²) in [5, 5.41) is 0. The van der Waals surface area contributed by atoms with Gasteiger partial charge in [-0.2, -0.15) is 0 Å². The van der Waals surface area contributed by atoms with Crippen LogP contribution in [0.4, 0.5) is 0 Å². The molecule has 21 heavy (non-hydrogen) atoms. The zero-order valence-corrected chi connectivity index (χ0v) is 13.1. The minimum atomic E-state index is -0.315. The highest BCUT2D eigenvalue weighted by Crippen LogP contribution is 2.09. The van der Waals surface area contributed by atoms with Gasteiger partial charge in [-0.1, -0.05) is 69.5 Å². The van der Waals surface area contributed by atoms with Crippen molar-refractivity contribution in [2.24, 2.45) is 5.92 Å². The third-order valence-electron chi connectivity index (χ3n) is 3.15. The fraction of sp³-hybridized carbons (Fsp3) is 0.421. The lowest BCUT2D eigenvalue weighted by molar-refractivity contribution is -0.132. The van der Waals surface area contributed by atoms with Crippen molar-refractivity contribution in [3.63, 3.8) is 0 Å². The fourth-order valence-electron chi connectivity index (χ4n) is 1.95. The smallest absolute Gasteiger partial charge is 0.335 e. The van der Waals surface area contributed by atoms with Crippen LogP contribution in [0.25, 0.3) is 6.08 Å². The lowest BCUT2D eigenvalue weighted by Gasteiger charge is -2.02. The second-order valence-corrected chi connectivity index (χ2v) is 5.58. The summed E-state index contributed by atoms with van der Waals surface area (Å²) in [5.74, 6) is 0.469. The molecule has 0 saturated carbocycles. The molecule has 2 heteroatoms. The maximum Gasteiger partial charge on any atom is 0.335 e. The molecule has 0 saturated heterocycles. The summed E-state index contributed by atoms with van der Waals surface area (Å²) in [6.07, 6.45) is 12.5. The fourth-order valence-corrected chi connectivity index (χ4v) is 1.95. The van der Waals surface area contributed by atoms with Crippen LogP contribution in [0.5, 0.6) is 0 Å². The van der Waals surface area contributed by atoms with Crippen molar-refractivity contribution >= 4 is 12.0 Å². The van der Waals surface area contributed by atoms with Crippen LogP contribution in [0.2, 0.25) is 0 Å². The first-order chi connectivity index (χ1) is 10.2. The number of hydrogen-bond acceptors (Lipinski definition) is 2. The van der Waals surface area contributed by atoms with E-state index >= 15 is 0 Å². The molecule has 0 bridgehead atoms. The average molecular weight is 286 g/mol. The highest BCUT2D eigenvalue weighted by Gasteiger charge is 1.95. The number of carbonyl (C=O) groups is 1. The van der Waals surface area contributed by atoms with E-state index in [1.54, 1.807) is 6.08 Å². The standard InChI is InChI=1S/C19H26O2/c1-17(2)11-7-4-3-5-10-14-19(20)21-16-15-18-12-8-6-9-13-18/h6,8-10,12-17H,3-5,7,11H2,1-2H3. The van der Waals surface area contributed by atoms with Gasteiger partial charge in [-0.05, 0) is 30.4 Å². The molecule has 1 rings (SSSR count). The van der Waals surface area contributed by atoms with Crippen molar-refractivity contribution in [1.82, 2.24) is 0 Å². The summed E-state index contributed by atoms with van der Waals surface area (Å²) < 4.78 is 5.00. The molecule has 0 N–H and O–H groups in total. The van der Waals surface area contributed by atoms with Crippen molar-refractivity contribution in [2.45, 2.75) is 46.0 Å². The third kappa shape index (κ3) is 9.67. The summed E-state index contributed by atoms with van der Waals surface area (Å²) in [6.45, 7) is 4.50. The highest BCUT2D eigenvalue weighted by atomic mass is 16.5. The molecule has 0 aliphatic heterocycles. The number of benzene rings is 1. The zero-order valence-electron chi connectivity index (χ0n) is 13.1. The first kappa shape index (κ1) is 17.2. The Hall–Kier alpha value is -1.83. The molecule has 0 aliphatic rings. The third-order valence-corrected chi connectivity index (χ3v) is 3.15. The zero-order chi connectivity index (χ0) is 15.3. The lowest BCUT2D eigenvalue weighted by Crippen LogP contribution is -1.93. The minimum Gasteiger partial charge on any atom is -0.431 e. The van der Waals surface area contributed by atoms with Gasteiger partial charge in [0.25, 0.3) is 0 Å². The van der Waals surface area contributed by atoms with E-state index in [4.69, 9.17) is 4.74 Å².